The molecule has 0 fully saturated rings. The van der Waals surface area contributed by atoms with Crippen LogP contribution in [0.5, 0.6) is 5.88 Å². The zero-order valence-electron chi connectivity index (χ0n) is 11.1. The molecule has 0 aliphatic carbocycles. The summed E-state index contributed by atoms with van der Waals surface area (Å²) in [6.45, 7) is 0.290. The average molecular weight is 307 g/mol. The molecule has 0 bridgehead atoms. The number of rotatable bonds is 3. The molecule has 21 heavy (non-hydrogen) atoms. The summed E-state index contributed by atoms with van der Waals surface area (Å²) in [4.78, 5) is 6.87. The second kappa shape index (κ2) is 5.25. The molecule has 2 heterocycles. The van der Waals surface area contributed by atoms with Crippen molar-refractivity contribution >= 4 is 23.3 Å². The molecule has 0 spiro atoms. The van der Waals surface area contributed by atoms with E-state index in [1.807, 2.05) is 0 Å². The molecule has 4 nitrogen and oxygen atoms in total. The van der Waals surface area contributed by atoms with Crippen molar-refractivity contribution in [2.75, 3.05) is 7.11 Å². The summed E-state index contributed by atoms with van der Waals surface area (Å²) in [5.41, 5.74) is 1.40. The highest BCUT2D eigenvalue weighted by atomic mass is 32.1. The minimum atomic E-state index is -0.916. The number of benzene rings is 1. The van der Waals surface area contributed by atoms with Crippen LogP contribution in [0.1, 0.15) is 5.56 Å². The van der Waals surface area contributed by atoms with Gasteiger partial charge in [-0.1, -0.05) is 0 Å². The van der Waals surface area contributed by atoms with E-state index in [0.29, 0.717) is 16.2 Å². The first kappa shape index (κ1) is 13.7. The van der Waals surface area contributed by atoms with Gasteiger partial charge < -0.3 is 14.3 Å². The number of hydrogen-bond acceptors (Lipinski definition) is 3. The Labute approximate surface area is 124 Å². The predicted molar refractivity (Wildman–Crippen MR) is 76.9 cm³/mol. The van der Waals surface area contributed by atoms with Crippen LogP contribution >= 0.6 is 12.2 Å². The van der Waals surface area contributed by atoms with Gasteiger partial charge in [-0.15, -0.1) is 0 Å². The number of hydrogen-bond donors (Lipinski definition) is 1. The second-order valence-electron chi connectivity index (χ2n) is 4.48. The number of H-pyrrole nitrogens is 1. The van der Waals surface area contributed by atoms with E-state index in [1.165, 1.54) is 17.7 Å². The van der Waals surface area contributed by atoms with Crippen LogP contribution in [0, 0.1) is 16.4 Å². The molecule has 3 rings (SSSR count). The van der Waals surface area contributed by atoms with Gasteiger partial charge in [0.1, 0.15) is 5.52 Å². The van der Waals surface area contributed by atoms with E-state index in [4.69, 9.17) is 17.0 Å². The fourth-order valence-corrected chi connectivity index (χ4v) is 2.45. The molecule has 0 aliphatic rings. The quantitative estimate of drug-likeness (QED) is 0.754. The number of imidazole rings is 1. The van der Waals surface area contributed by atoms with E-state index in [2.05, 4.69) is 9.97 Å². The Bertz CT molecular complexity index is 872. The van der Waals surface area contributed by atoms with Gasteiger partial charge in [-0.2, -0.15) is 0 Å². The van der Waals surface area contributed by atoms with Gasteiger partial charge in [-0.25, -0.2) is 13.8 Å². The molecule has 0 aliphatic heterocycles. The van der Waals surface area contributed by atoms with E-state index in [9.17, 15) is 8.78 Å². The molecule has 3 aromatic rings. The molecule has 7 heteroatoms. The summed E-state index contributed by atoms with van der Waals surface area (Å²) >= 11 is 5.19. The monoisotopic (exact) mass is 307 g/mol. The van der Waals surface area contributed by atoms with Gasteiger partial charge in [0.25, 0.3) is 0 Å². The molecule has 0 radical (unpaired) electrons. The molecule has 0 saturated heterocycles. The van der Waals surface area contributed by atoms with Crippen molar-refractivity contribution in [3.05, 3.63) is 52.4 Å². The lowest BCUT2D eigenvalue weighted by Gasteiger charge is -2.07. The Morgan fingerprint density at radius 1 is 1.33 bits per heavy atom. The van der Waals surface area contributed by atoms with Crippen molar-refractivity contribution in [3.63, 3.8) is 0 Å². The van der Waals surface area contributed by atoms with Crippen LogP contribution in [0.2, 0.25) is 0 Å². The number of halogens is 2. The number of aromatic nitrogens is 3. The van der Waals surface area contributed by atoms with Crippen LogP contribution in [0.3, 0.4) is 0 Å². The zero-order valence-corrected chi connectivity index (χ0v) is 11.9. The van der Waals surface area contributed by atoms with Gasteiger partial charge >= 0.3 is 0 Å². The standard InChI is InChI=1S/C14H11F2N3OS/c1-20-11-6-8(4-5-17-11)7-19-13-10(18-14(19)21)3-2-9(15)12(13)16/h2-6H,7H2,1H3,(H,18,21). The lowest BCUT2D eigenvalue weighted by atomic mass is 10.2. The Kier molecular flexibility index (Phi) is 3.42. The number of methoxy groups -OCH3 is 1. The van der Waals surface area contributed by atoms with Crippen LogP contribution in [0.25, 0.3) is 11.0 Å². The van der Waals surface area contributed by atoms with Crippen LogP contribution in [-0.4, -0.2) is 21.6 Å². The molecule has 1 aromatic carbocycles. The summed E-state index contributed by atoms with van der Waals surface area (Å²) in [6, 6.07) is 6.02. The molecule has 1 N–H and O–H groups in total. The Hall–Kier alpha value is -2.28. The van der Waals surface area contributed by atoms with Crippen molar-refractivity contribution in [1.29, 1.82) is 0 Å². The van der Waals surface area contributed by atoms with E-state index in [-0.39, 0.29) is 12.1 Å². The fraction of sp³-hybridized carbons (Fsp3) is 0.143. The van der Waals surface area contributed by atoms with Crippen LogP contribution in [0.15, 0.2) is 30.5 Å². The third-order valence-electron chi connectivity index (χ3n) is 3.17. The number of pyridine rings is 1. The third-order valence-corrected chi connectivity index (χ3v) is 3.50. The van der Waals surface area contributed by atoms with Crippen LogP contribution < -0.4 is 4.74 Å². The molecular weight excluding hydrogens is 296 g/mol. The highest BCUT2D eigenvalue weighted by Gasteiger charge is 2.14. The largest absolute Gasteiger partial charge is 0.481 e. The molecule has 108 valence electrons. The van der Waals surface area contributed by atoms with Gasteiger partial charge in [0, 0.05) is 12.3 Å². The number of ether oxygens (including phenoxy) is 1. The van der Waals surface area contributed by atoms with E-state index in [1.54, 1.807) is 18.3 Å². The van der Waals surface area contributed by atoms with Crippen molar-refractivity contribution < 1.29 is 13.5 Å². The number of fused-ring (bicyclic) bond motifs is 1. The van der Waals surface area contributed by atoms with E-state index >= 15 is 0 Å². The van der Waals surface area contributed by atoms with Gasteiger partial charge in [0.05, 0.1) is 19.2 Å². The van der Waals surface area contributed by atoms with Crippen molar-refractivity contribution in [3.8, 4) is 5.88 Å². The Balaban J connectivity index is 2.14. The minimum Gasteiger partial charge on any atom is -0.481 e. The van der Waals surface area contributed by atoms with Crippen molar-refractivity contribution in [2.45, 2.75) is 6.54 Å². The maximum absolute atomic E-state index is 14.0. The topological polar surface area (TPSA) is 42.8 Å². The molecule has 2 aromatic heterocycles. The molecule has 0 amide bonds. The van der Waals surface area contributed by atoms with Crippen LogP contribution in [0.4, 0.5) is 8.78 Å². The molecular formula is C14H11F2N3OS. The highest BCUT2D eigenvalue weighted by molar-refractivity contribution is 7.71. The Morgan fingerprint density at radius 3 is 2.90 bits per heavy atom. The summed E-state index contributed by atoms with van der Waals surface area (Å²) < 4.78 is 34.3. The first-order chi connectivity index (χ1) is 10.1. The van der Waals surface area contributed by atoms with Crippen molar-refractivity contribution in [2.24, 2.45) is 0 Å². The normalized spacial score (nSPS) is 11.0. The van der Waals surface area contributed by atoms with E-state index in [0.717, 1.165) is 11.6 Å². The van der Waals surface area contributed by atoms with E-state index < -0.39 is 11.6 Å². The average Bonchev–Trinajstić information content (AvgIpc) is 2.80. The smallest absolute Gasteiger partial charge is 0.213 e. The zero-order chi connectivity index (χ0) is 15.0. The summed E-state index contributed by atoms with van der Waals surface area (Å²) in [6.07, 6.45) is 1.59. The van der Waals surface area contributed by atoms with Gasteiger partial charge in [-0.3, -0.25) is 0 Å². The number of nitrogens with one attached hydrogen (secondary N) is 1. The van der Waals surface area contributed by atoms with Crippen molar-refractivity contribution in [1.82, 2.24) is 14.5 Å². The summed E-state index contributed by atoms with van der Waals surface area (Å²) in [5, 5.41) is 0. The van der Waals surface area contributed by atoms with Gasteiger partial charge in [0.15, 0.2) is 16.4 Å². The highest BCUT2D eigenvalue weighted by Crippen LogP contribution is 2.22. The fourth-order valence-electron chi connectivity index (χ4n) is 2.18. The predicted octanol–water partition coefficient (Wildman–Crippen LogP) is 3.43. The lowest BCUT2D eigenvalue weighted by Crippen LogP contribution is -2.02. The maximum Gasteiger partial charge on any atom is 0.213 e. The lowest BCUT2D eigenvalue weighted by molar-refractivity contribution is 0.397. The first-order valence-electron chi connectivity index (χ1n) is 6.15. The Morgan fingerprint density at radius 2 is 2.14 bits per heavy atom. The maximum atomic E-state index is 14.0. The molecule has 0 saturated carbocycles. The van der Waals surface area contributed by atoms with Gasteiger partial charge in [-0.05, 0) is 36.0 Å². The minimum absolute atomic E-state index is 0.121. The van der Waals surface area contributed by atoms with Crippen LogP contribution in [-0.2, 0) is 6.54 Å². The first-order valence-corrected chi connectivity index (χ1v) is 6.56. The van der Waals surface area contributed by atoms with Gasteiger partial charge in [0.2, 0.25) is 5.88 Å². The molecule has 0 atom stereocenters. The third kappa shape index (κ3) is 2.40. The number of nitrogens with zero attached hydrogens (tertiary/aromatic N) is 2. The SMILES string of the molecule is COc1cc(Cn2c(=S)[nH]c3ccc(F)c(F)c32)ccn1. The second-order valence-corrected chi connectivity index (χ2v) is 4.87. The summed E-state index contributed by atoms with van der Waals surface area (Å²) in [7, 11) is 1.51. The summed E-state index contributed by atoms with van der Waals surface area (Å²) in [5.74, 6) is -1.37. The molecule has 0 unspecified atom stereocenters. The number of aromatic amines is 1.